The lowest BCUT2D eigenvalue weighted by Crippen LogP contribution is -2.35. The number of carbonyl (C=O) groups excluding carboxylic acids is 2. The van der Waals surface area contributed by atoms with Crippen LogP contribution < -0.4 is 14.8 Å². The van der Waals surface area contributed by atoms with Crippen molar-refractivity contribution in [1.82, 2.24) is 10.2 Å². The zero-order valence-corrected chi connectivity index (χ0v) is 24.6. The highest BCUT2D eigenvalue weighted by Gasteiger charge is 2.23. The molecule has 8 heteroatoms. The molecule has 0 aliphatic heterocycles. The Morgan fingerprint density at radius 1 is 0.791 bits per heavy atom. The van der Waals surface area contributed by atoms with Crippen molar-refractivity contribution in [1.29, 1.82) is 0 Å². The first-order valence-corrected chi connectivity index (χ1v) is 14.1. The molecule has 0 saturated heterocycles. The summed E-state index contributed by atoms with van der Waals surface area (Å²) in [4.78, 5) is 40.6. The molecule has 222 valence electrons. The first-order valence-electron chi connectivity index (χ1n) is 14.1. The monoisotopic (exact) mass is 580 g/mol. The van der Waals surface area contributed by atoms with Crippen molar-refractivity contribution in [3.05, 3.63) is 119 Å². The lowest BCUT2D eigenvalue weighted by atomic mass is 9.94. The SMILES string of the molecule is COc1ccc(OC)c(CCN(CCC(=O)O)C(=O)c2ccccc2-c2ccccc2C(=O)NC(C)c2ccccc2)c1. The summed E-state index contributed by atoms with van der Waals surface area (Å²) in [6.07, 6.45) is 0.212. The molecule has 4 aromatic carbocycles. The third-order valence-corrected chi connectivity index (χ3v) is 7.29. The Hall–Kier alpha value is -5.11. The number of methoxy groups -OCH3 is 2. The lowest BCUT2D eigenvalue weighted by molar-refractivity contribution is -0.137. The highest BCUT2D eigenvalue weighted by molar-refractivity contribution is 6.06. The molecule has 4 aromatic rings. The van der Waals surface area contributed by atoms with Crippen molar-refractivity contribution in [2.75, 3.05) is 27.3 Å². The highest BCUT2D eigenvalue weighted by Crippen LogP contribution is 2.30. The Bertz CT molecular complexity index is 1570. The van der Waals surface area contributed by atoms with Crippen LogP contribution in [0.25, 0.3) is 11.1 Å². The van der Waals surface area contributed by atoms with Gasteiger partial charge >= 0.3 is 5.97 Å². The Labute approximate surface area is 251 Å². The largest absolute Gasteiger partial charge is 0.497 e. The van der Waals surface area contributed by atoms with Crippen molar-refractivity contribution < 1.29 is 29.0 Å². The second-order valence-corrected chi connectivity index (χ2v) is 10.1. The van der Waals surface area contributed by atoms with Gasteiger partial charge in [0.1, 0.15) is 11.5 Å². The molecular weight excluding hydrogens is 544 g/mol. The van der Waals surface area contributed by atoms with E-state index in [0.717, 1.165) is 11.1 Å². The van der Waals surface area contributed by atoms with E-state index in [1.54, 1.807) is 56.7 Å². The number of hydrogen-bond donors (Lipinski definition) is 2. The maximum atomic E-state index is 14.1. The molecule has 0 aliphatic carbocycles. The zero-order chi connectivity index (χ0) is 30.8. The second kappa shape index (κ2) is 14.7. The van der Waals surface area contributed by atoms with E-state index < -0.39 is 5.97 Å². The standard InChI is InChI=1S/C35H36N2O6/c1-24(25-11-5-4-6-12-25)36-34(40)30-15-9-7-13-28(30)29-14-8-10-16-31(29)35(41)37(22-20-33(38)39)21-19-26-23-27(42-2)17-18-32(26)43-3/h4-18,23-24H,19-22H2,1-3H3,(H,36,40)(H,38,39). The molecule has 8 nitrogen and oxygen atoms in total. The van der Waals surface area contributed by atoms with Crippen LogP contribution in [0.2, 0.25) is 0 Å². The minimum Gasteiger partial charge on any atom is -0.497 e. The van der Waals surface area contributed by atoms with Crippen LogP contribution in [0.1, 0.15) is 51.2 Å². The van der Waals surface area contributed by atoms with Crippen molar-refractivity contribution in [2.24, 2.45) is 0 Å². The fraction of sp³-hybridized carbons (Fsp3) is 0.229. The average Bonchev–Trinajstić information content (AvgIpc) is 3.04. The summed E-state index contributed by atoms with van der Waals surface area (Å²) in [6, 6.07) is 29.2. The highest BCUT2D eigenvalue weighted by atomic mass is 16.5. The zero-order valence-electron chi connectivity index (χ0n) is 24.6. The molecule has 0 fully saturated rings. The van der Waals surface area contributed by atoms with Gasteiger partial charge < -0.3 is 24.8 Å². The molecule has 2 amide bonds. The minimum absolute atomic E-state index is 0.0194. The molecule has 0 saturated carbocycles. The molecule has 1 unspecified atom stereocenters. The van der Waals surface area contributed by atoms with Crippen LogP contribution in [0.5, 0.6) is 11.5 Å². The van der Waals surface area contributed by atoms with E-state index in [9.17, 15) is 19.5 Å². The molecule has 0 spiro atoms. The Balaban J connectivity index is 1.64. The van der Waals surface area contributed by atoms with Gasteiger partial charge in [0.05, 0.1) is 26.7 Å². The van der Waals surface area contributed by atoms with E-state index in [4.69, 9.17) is 9.47 Å². The summed E-state index contributed by atoms with van der Waals surface area (Å²) in [5, 5.41) is 12.5. The predicted molar refractivity (Wildman–Crippen MR) is 166 cm³/mol. The van der Waals surface area contributed by atoms with Crippen molar-refractivity contribution in [3.8, 4) is 22.6 Å². The van der Waals surface area contributed by atoms with Gasteiger partial charge in [-0.15, -0.1) is 0 Å². The Morgan fingerprint density at radius 3 is 2.07 bits per heavy atom. The third kappa shape index (κ3) is 7.80. The van der Waals surface area contributed by atoms with Gasteiger partial charge in [0, 0.05) is 24.2 Å². The van der Waals surface area contributed by atoms with Gasteiger partial charge in [-0.25, -0.2) is 0 Å². The molecular formula is C35H36N2O6. The fourth-order valence-electron chi connectivity index (χ4n) is 4.97. The number of ether oxygens (including phenoxy) is 2. The molecule has 0 radical (unpaired) electrons. The molecule has 0 heterocycles. The average molecular weight is 581 g/mol. The number of hydrogen-bond acceptors (Lipinski definition) is 5. The third-order valence-electron chi connectivity index (χ3n) is 7.29. The van der Waals surface area contributed by atoms with E-state index in [1.165, 1.54) is 4.90 Å². The summed E-state index contributed by atoms with van der Waals surface area (Å²) in [5.41, 5.74) is 3.82. The Morgan fingerprint density at radius 2 is 1.42 bits per heavy atom. The van der Waals surface area contributed by atoms with Crippen molar-refractivity contribution in [3.63, 3.8) is 0 Å². The molecule has 0 bridgehead atoms. The van der Waals surface area contributed by atoms with Gasteiger partial charge in [0.25, 0.3) is 11.8 Å². The van der Waals surface area contributed by atoms with Gasteiger partial charge in [0.15, 0.2) is 0 Å². The van der Waals surface area contributed by atoms with Crippen LogP contribution in [-0.2, 0) is 11.2 Å². The number of carboxylic acid groups (broad SMARTS) is 1. The topological polar surface area (TPSA) is 105 Å². The summed E-state index contributed by atoms with van der Waals surface area (Å²) >= 11 is 0. The number of amides is 2. The number of carbonyl (C=O) groups is 3. The van der Waals surface area contributed by atoms with Gasteiger partial charge in [0.2, 0.25) is 0 Å². The van der Waals surface area contributed by atoms with Gasteiger partial charge in [-0.3, -0.25) is 14.4 Å². The van der Waals surface area contributed by atoms with Crippen LogP contribution in [0.3, 0.4) is 0 Å². The molecule has 2 N–H and O–H groups in total. The maximum Gasteiger partial charge on any atom is 0.305 e. The smallest absolute Gasteiger partial charge is 0.305 e. The van der Waals surface area contributed by atoms with Crippen molar-refractivity contribution in [2.45, 2.75) is 25.8 Å². The number of carboxylic acids is 1. The molecule has 1 atom stereocenters. The van der Waals surface area contributed by atoms with Crippen LogP contribution in [0.4, 0.5) is 0 Å². The van der Waals surface area contributed by atoms with E-state index in [2.05, 4.69) is 5.32 Å². The number of aliphatic carboxylic acids is 1. The maximum absolute atomic E-state index is 14.1. The predicted octanol–water partition coefficient (Wildman–Crippen LogP) is 6.02. The number of nitrogens with one attached hydrogen (secondary N) is 1. The van der Waals surface area contributed by atoms with Crippen LogP contribution >= 0.6 is 0 Å². The van der Waals surface area contributed by atoms with E-state index in [0.29, 0.717) is 40.2 Å². The number of benzene rings is 4. The normalized spacial score (nSPS) is 11.3. The van der Waals surface area contributed by atoms with Gasteiger partial charge in [-0.05, 0) is 65.9 Å². The van der Waals surface area contributed by atoms with Crippen LogP contribution in [0, 0.1) is 0 Å². The molecule has 4 rings (SSSR count). The molecule has 43 heavy (non-hydrogen) atoms. The lowest BCUT2D eigenvalue weighted by Gasteiger charge is -2.24. The molecule has 0 aromatic heterocycles. The summed E-state index contributed by atoms with van der Waals surface area (Å²) in [7, 11) is 3.15. The summed E-state index contributed by atoms with van der Waals surface area (Å²) in [6.45, 7) is 2.19. The second-order valence-electron chi connectivity index (χ2n) is 10.1. The number of rotatable bonds is 13. The van der Waals surface area contributed by atoms with Gasteiger partial charge in [-0.2, -0.15) is 0 Å². The first-order chi connectivity index (χ1) is 20.8. The van der Waals surface area contributed by atoms with E-state index >= 15 is 0 Å². The van der Waals surface area contributed by atoms with Gasteiger partial charge in [-0.1, -0.05) is 66.7 Å². The van der Waals surface area contributed by atoms with E-state index in [-0.39, 0.29) is 37.4 Å². The summed E-state index contributed by atoms with van der Waals surface area (Å²) in [5.74, 6) is -0.286. The fourth-order valence-corrected chi connectivity index (χ4v) is 4.97. The number of nitrogens with zero attached hydrogens (tertiary/aromatic N) is 1. The van der Waals surface area contributed by atoms with Crippen LogP contribution in [0.15, 0.2) is 97.1 Å². The van der Waals surface area contributed by atoms with E-state index in [1.807, 2.05) is 61.5 Å². The molecule has 0 aliphatic rings. The minimum atomic E-state index is -1.00. The Kier molecular flexibility index (Phi) is 10.5. The van der Waals surface area contributed by atoms with Crippen LogP contribution in [-0.4, -0.2) is 55.1 Å². The van der Waals surface area contributed by atoms with Crippen molar-refractivity contribution >= 4 is 17.8 Å². The summed E-state index contributed by atoms with van der Waals surface area (Å²) < 4.78 is 10.9. The quantitative estimate of drug-likeness (QED) is 0.200. The first kappa shape index (κ1) is 30.8.